The van der Waals surface area contributed by atoms with Crippen LogP contribution in [0.5, 0.6) is 0 Å². The van der Waals surface area contributed by atoms with E-state index >= 15 is 0 Å². The third kappa shape index (κ3) is 4.24. The summed E-state index contributed by atoms with van der Waals surface area (Å²) >= 11 is 7.89. The fourth-order valence-electron chi connectivity index (χ4n) is 0. The Balaban J connectivity index is 3.55. The summed E-state index contributed by atoms with van der Waals surface area (Å²) in [5.74, 6) is 0. The van der Waals surface area contributed by atoms with Crippen LogP contribution in [0, 0.1) is 0 Å². The van der Waals surface area contributed by atoms with Crippen LogP contribution >= 0.6 is 24.8 Å². The second-order valence-corrected chi connectivity index (χ2v) is 1.59. The van der Waals surface area contributed by atoms with Gasteiger partial charge in [0.25, 0.3) is 0 Å². The fourth-order valence-corrected chi connectivity index (χ4v) is 0. The van der Waals surface area contributed by atoms with Crippen LogP contribution < -0.4 is 5.32 Å². The van der Waals surface area contributed by atoms with Gasteiger partial charge in [-0.25, -0.2) is 0 Å². The Labute approximate surface area is 46.4 Å². The molecule has 0 fully saturated rings. The van der Waals surface area contributed by atoms with E-state index in [-0.39, 0.29) is 4.32 Å². The van der Waals surface area contributed by atoms with Gasteiger partial charge in [-0.05, 0) is 0 Å². The Morgan fingerprint density at radius 1 is 2.40 bits per heavy atom. The zero-order chi connectivity index (χ0) is 6.78. The fraction of sp³-hybridized carbons (Fsp3) is 0.500. The second-order valence-electron chi connectivity index (χ2n) is 0.430. The summed E-state index contributed by atoms with van der Waals surface area (Å²) in [5, 5.41) is 1.98. The first kappa shape index (κ1) is 1.80. The molecule has 0 aromatic carbocycles. The standard InChI is InChI=1S/C2H5NS2/c1-3-2(4)5/h1H3,(H2,3,4,5)/i1D3. The van der Waals surface area contributed by atoms with Gasteiger partial charge in [0.1, 0.15) is 4.32 Å². The van der Waals surface area contributed by atoms with E-state index in [0.717, 1.165) is 0 Å². The maximum absolute atomic E-state index is 6.55. The van der Waals surface area contributed by atoms with Crippen LogP contribution in [0.1, 0.15) is 4.11 Å². The van der Waals surface area contributed by atoms with Gasteiger partial charge in [-0.2, -0.15) is 0 Å². The maximum atomic E-state index is 6.55. The molecule has 0 aromatic rings. The molecule has 0 heterocycles. The van der Waals surface area contributed by atoms with Crippen molar-refractivity contribution in [3.63, 3.8) is 0 Å². The minimum atomic E-state index is -2.20. The highest BCUT2D eigenvalue weighted by Crippen LogP contribution is 1.69. The van der Waals surface area contributed by atoms with Crippen molar-refractivity contribution in [1.29, 1.82) is 0 Å². The van der Waals surface area contributed by atoms with Crippen LogP contribution in [-0.4, -0.2) is 11.3 Å². The number of hydrogen-bond acceptors (Lipinski definition) is 1. The van der Waals surface area contributed by atoms with E-state index in [4.69, 9.17) is 4.11 Å². The summed E-state index contributed by atoms with van der Waals surface area (Å²) in [5.41, 5.74) is 0. The van der Waals surface area contributed by atoms with Crippen molar-refractivity contribution in [2.75, 3.05) is 6.98 Å². The van der Waals surface area contributed by atoms with Crippen LogP contribution in [0.15, 0.2) is 0 Å². The van der Waals surface area contributed by atoms with Crippen molar-refractivity contribution >= 4 is 29.2 Å². The summed E-state index contributed by atoms with van der Waals surface area (Å²) in [6, 6.07) is 0. The molecule has 0 atom stereocenters. The van der Waals surface area contributed by atoms with Gasteiger partial charge in [0.2, 0.25) is 0 Å². The normalized spacial score (nSPS) is 18.2. The quantitative estimate of drug-likeness (QED) is 0.346. The molecule has 0 aliphatic rings. The minimum absolute atomic E-state index is 0.00926. The highest BCUT2D eigenvalue weighted by Gasteiger charge is 1.67. The van der Waals surface area contributed by atoms with Gasteiger partial charge in [0.05, 0.1) is 0 Å². The SMILES string of the molecule is [2H]C([2H])([2H])NC(=S)S. The average molecular weight is 110 g/mol. The lowest BCUT2D eigenvalue weighted by atomic mass is 11.2. The zero-order valence-electron chi connectivity index (χ0n) is 5.36. The number of hydrogen-bond donors (Lipinski definition) is 2. The predicted octanol–water partition coefficient (Wildman–Crippen LogP) is 0.420. The monoisotopic (exact) mass is 110 g/mol. The van der Waals surface area contributed by atoms with Crippen LogP contribution in [0.2, 0.25) is 0 Å². The third-order valence-corrected chi connectivity index (χ3v) is 0.321. The number of thiocarbonyl (C=S) groups is 1. The molecule has 0 saturated heterocycles. The Kier molecular flexibility index (Phi) is 0.890. The molecule has 3 heteroatoms. The molecule has 0 rings (SSSR count). The molecule has 0 aliphatic heterocycles. The van der Waals surface area contributed by atoms with E-state index in [1.165, 1.54) is 0 Å². The molecule has 0 unspecified atom stereocenters. The third-order valence-electron chi connectivity index (χ3n) is 0.107. The molecular formula is C2H5NS2. The van der Waals surface area contributed by atoms with E-state index in [9.17, 15) is 0 Å². The first-order valence-electron chi connectivity index (χ1n) is 2.43. The minimum Gasteiger partial charge on any atom is -0.374 e. The molecule has 0 amide bonds. The van der Waals surface area contributed by atoms with Gasteiger partial charge < -0.3 is 5.32 Å². The molecule has 0 aromatic heterocycles. The van der Waals surface area contributed by atoms with Crippen LogP contribution in [-0.2, 0) is 0 Å². The lowest BCUT2D eigenvalue weighted by molar-refractivity contribution is 1.23. The highest BCUT2D eigenvalue weighted by molar-refractivity contribution is 8.11. The Morgan fingerprint density at radius 3 is 3.00 bits per heavy atom. The molecule has 1 nitrogen and oxygen atoms in total. The van der Waals surface area contributed by atoms with Crippen molar-refractivity contribution < 1.29 is 4.11 Å². The Hall–Kier alpha value is 0.240. The molecule has 0 aliphatic carbocycles. The summed E-state index contributed by atoms with van der Waals surface area (Å²) < 4.78 is 19.6. The number of nitrogens with one attached hydrogen (secondary N) is 1. The van der Waals surface area contributed by atoms with E-state index in [2.05, 4.69) is 24.8 Å². The second kappa shape index (κ2) is 2.48. The van der Waals surface area contributed by atoms with E-state index in [1.807, 2.05) is 5.32 Å². The predicted molar refractivity (Wildman–Crippen MR) is 30.6 cm³/mol. The summed E-state index contributed by atoms with van der Waals surface area (Å²) in [7, 11) is 0. The summed E-state index contributed by atoms with van der Waals surface area (Å²) in [6.45, 7) is -2.20. The first-order valence-corrected chi connectivity index (χ1v) is 1.78. The molecule has 0 bridgehead atoms. The molecule has 5 heavy (non-hydrogen) atoms. The van der Waals surface area contributed by atoms with Crippen molar-refractivity contribution in [1.82, 2.24) is 5.32 Å². The lowest BCUT2D eigenvalue weighted by Crippen LogP contribution is -2.06. The largest absolute Gasteiger partial charge is 0.374 e. The zero-order valence-corrected chi connectivity index (χ0v) is 4.07. The molecular weight excluding hydrogens is 102 g/mol. The molecule has 0 saturated carbocycles. The summed E-state index contributed by atoms with van der Waals surface area (Å²) in [6.07, 6.45) is 0. The van der Waals surface area contributed by atoms with Crippen LogP contribution in [0.25, 0.3) is 0 Å². The van der Waals surface area contributed by atoms with Gasteiger partial charge in [-0.3, -0.25) is 0 Å². The van der Waals surface area contributed by atoms with Crippen LogP contribution in [0.4, 0.5) is 0 Å². The highest BCUT2D eigenvalue weighted by atomic mass is 32.1. The van der Waals surface area contributed by atoms with E-state index in [1.54, 1.807) is 0 Å². The number of rotatable bonds is 0. The molecule has 0 spiro atoms. The van der Waals surface area contributed by atoms with Crippen molar-refractivity contribution in [2.24, 2.45) is 0 Å². The topological polar surface area (TPSA) is 12.0 Å². The van der Waals surface area contributed by atoms with Gasteiger partial charge in [-0.1, -0.05) is 12.2 Å². The first-order chi connectivity index (χ1) is 3.42. The van der Waals surface area contributed by atoms with Crippen molar-refractivity contribution in [2.45, 2.75) is 0 Å². The van der Waals surface area contributed by atoms with E-state index < -0.39 is 6.98 Å². The molecule has 30 valence electrons. The van der Waals surface area contributed by atoms with Crippen LogP contribution in [0.3, 0.4) is 0 Å². The van der Waals surface area contributed by atoms with Crippen molar-refractivity contribution in [3.05, 3.63) is 0 Å². The molecule has 0 radical (unpaired) electrons. The van der Waals surface area contributed by atoms with Gasteiger partial charge in [0, 0.05) is 11.1 Å². The lowest BCUT2D eigenvalue weighted by Gasteiger charge is -1.83. The van der Waals surface area contributed by atoms with Gasteiger partial charge >= 0.3 is 0 Å². The Bertz CT molecular complexity index is 97.9. The summed E-state index contributed by atoms with van der Waals surface area (Å²) in [4.78, 5) is 0. The van der Waals surface area contributed by atoms with Crippen molar-refractivity contribution in [3.8, 4) is 0 Å². The maximum Gasteiger partial charge on any atom is 0.130 e. The van der Waals surface area contributed by atoms with Gasteiger partial charge in [-0.15, -0.1) is 12.6 Å². The van der Waals surface area contributed by atoms with Gasteiger partial charge in [0.15, 0.2) is 0 Å². The average Bonchev–Trinajstić information content (AvgIpc) is 1.21. The smallest absolute Gasteiger partial charge is 0.130 e. The van der Waals surface area contributed by atoms with E-state index in [0.29, 0.717) is 0 Å². The Morgan fingerprint density at radius 2 is 3.00 bits per heavy atom. The molecule has 1 N–H and O–H groups in total. The number of thiol groups is 1.